The summed E-state index contributed by atoms with van der Waals surface area (Å²) in [6.07, 6.45) is 4.60. The average Bonchev–Trinajstić information content (AvgIpc) is 2.97. The number of benzene rings is 1. The number of rotatable bonds is 3. The third kappa shape index (κ3) is 2.48. The average molecular weight is 269 g/mol. The molecular weight excluding hydrogens is 250 g/mol. The van der Waals surface area contributed by atoms with E-state index in [-0.39, 0.29) is 0 Å². The van der Waals surface area contributed by atoms with Crippen LogP contribution in [0.25, 0.3) is 11.3 Å². The quantitative estimate of drug-likeness (QED) is 0.785. The van der Waals surface area contributed by atoms with Crippen LogP contribution in [0, 0.1) is 0 Å². The van der Waals surface area contributed by atoms with Gasteiger partial charge in [0.05, 0.1) is 0 Å². The minimum Gasteiger partial charge on any atom is -0.453 e. The molecule has 2 aromatic rings. The normalized spacial score (nSPS) is 19.1. The fraction of sp³-hybridized carbons (Fsp3) is 0.353. The van der Waals surface area contributed by atoms with Crippen molar-refractivity contribution in [3.05, 3.63) is 42.2 Å². The first-order chi connectivity index (χ1) is 9.78. The molecule has 1 aliphatic rings. The lowest BCUT2D eigenvalue weighted by Crippen LogP contribution is -2.37. The Morgan fingerprint density at radius 3 is 2.60 bits per heavy atom. The zero-order valence-corrected chi connectivity index (χ0v) is 11.7. The number of furan rings is 1. The molecule has 3 nitrogen and oxygen atoms in total. The first-order valence-electron chi connectivity index (χ1n) is 7.20. The third-order valence-corrected chi connectivity index (χ3v) is 4.03. The minimum absolute atomic E-state index is 0.369. The zero-order chi connectivity index (χ0) is 13.9. The van der Waals surface area contributed by atoms with Gasteiger partial charge in [0.25, 0.3) is 0 Å². The molecule has 1 aliphatic heterocycles. The Labute approximate surface area is 119 Å². The maximum Gasteiger partial charge on any atom is 0.185 e. The summed E-state index contributed by atoms with van der Waals surface area (Å²) in [6.45, 7) is 3.42. The summed E-state index contributed by atoms with van der Waals surface area (Å²) in [5.41, 5.74) is 2.27. The van der Waals surface area contributed by atoms with E-state index in [1.54, 1.807) is 6.07 Å². The van der Waals surface area contributed by atoms with E-state index < -0.39 is 0 Å². The smallest absolute Gasteiger partial charge is 0.185 e. The predicted octanol–water partition coefficient (Wildman–Crippen LogP) is 4.14. The molecule has 2 heterocycles. The Hall–Kier alpha value is -2.03. The van der Waals surface area contributed by atoms with Gasteiger partial charge in [0.2, 0.25) is 0 Å². The monoisotopic (exact) mass is 269 g/mol. The van der Waals surface area contributed by atoms with Crippen molar-refractivity contribution in [3.63, 3.8) is 0 Å². The van der Waals surface area contributed by atoms with Crippen LogP contribution in [0.5, 0.6) is 0 Å². The number of aldehydes is 1. The van der Waals surface area contributed by atoms with Gasteiger partial charge in [-0.25, -0.2) is 0 Å². The molecular formula is C17H19NO2. The van der Waals surface area contributed by atoms with E-state index in [0.29, 0.717) is 11.8 Å². The lowest BCUT2D eigenvalue weighted by Gasteiger charge is -2.35. The van der Waals surface area contributed by atoms with E-state index in [4.69, 9.17) is 4.42 Å². The zero-order valence-electron chi connectivity index (χ0n) is 11.7. The lowest BCUT2D eigenvalue weighted by atomic mass is 10.0. The van der Waals surface area contributed by atoms with Gasteiger partial charge in [-0.2, -0.15) is 0 Å². The summed E-state index contributed by atoms with van der Waals surface area (Å²) >= 11 is 0. The minimum atomic E-state index is 0.369. The SMILES string of the molecule is CC1CCCCN1c1ccc(-c2ccc(C=O)o2)cc1. The fourth-order valence-corrected chi connectivity index (χ4v) is 2.87. The number of anilines is 1. The van der Waals surface area contributed by atoms with Gasteiger partial charge in [-0.3, -0.25) is 4.79 Å². The second-order valence-corrected chi connectivity index (χ2v) is 5.40. The Kier molecular flexibility index (Phi) is 3.59. The number of carbonyl (C=O) groups is 1. The topological polar surface area (TPSA) is 33.5 Å². The van der Waals surface area contributed by atoms with Crippen LogP contribution >= 0.6 is 0 Å². The molecule has 0 radical (unpaired) electrons. The number of piperidine rings is 1. The second kappa shape index (κ2) is 5.53. The van der Waals surface area contributed by atoms with Crippen LogP contribution in [-0.2, 0) is 0 Å². The van der Waals surface area contributed by atoms with E-state index in [9.17, 15) is 4.79 Å². The molecule has 1 saturated heterocycles. The highest BCUT2D eigenvalue weighted by atomic mass is 16.3. The Balaban J connectivity index is 1.81. The van der Waals surface area contributed by atoms with Crippen LogP contribution in [0.4, 0.5) is 5.69 Å². The molecule has 1 atom stereocenters. The molecule has 104 valence electrons. The van der Waals surface area contributed by atoms with Crippen molar-refractivity contribution in [2.24, 2.45) is 0 Å². The summed E-state index contributed by atoms with van der Waals surface area (Å²) < 4.78 is 5.44. The van der Waals surface area contributed by atoms with Crippen LogP contribution in [0.1, 0.15) is 36.7 Å². The molecule has 0 aliphatic carbocycles. The van der Waals surface area contributed by atoms with Crippen LogP contribution in [0.3, 0.4) is 0 Å². The van der Waals surface area contributed by atoms with E-state index in [1.807, 2.05) is 6.07 Å². The van der Waals surface area contributed by atoms with E-state index >= 15 is 0 Å². The highest BCUT2D eigenvalue weighted by Crippen LogP contribution is 2.28. The Bertz CT molecular complexity index is 585. The molecule has 3 heteroatoms. The lowest BCUT2D eigenvalue weighted by molar-refractivity contribution is 0.110. The first-order valence-corrected chi connectivity index (χ1v) is 7.20. The summed E-state index contributed by atoms with van der Waals surface area (Å²) in [4.78, 5) is 13.1. The Morgan fingerprint density at radius 1 is 1.15 bits per heavy atom. The number of nitrogens with zero attached hydrogens (tertiary/aromatic N) is 1. The molecule has 0 amide bonds. The standard InChI is InChI=1S/C17H19NO2/c1-13-4-2-3-11-18(13)15-7-5-14(6-8-15)17-10-9-16(12-19)20-17/h5-10,12-13H,2-4,11H2,1H3. The van der Waals surface area contributed by atoms with E-state index in [0.717, 1.165) is 24.2 Å². The maximum atomic E-state index is 10.6. The molecule has 3 rings (SSSR count). The molecule has 0 spiro atoms. The number of hydrogen-bond acceptors (Lipinski definition) is 3. The van der Waals surface area contributed by atoms with Crippen molar-refractivity contribution in [1.29, 1.82) is 0 Å². The summed E-state index contributed by atoms with van der Waals surface area (Å²) in [5.74, 6) is 1.11. The molecule has 0 saturated carbocycles. The van der Waals surface area contributed by atoms with Crippen molar-refractivity contribution in [1.82, 2.24) is 0 Å². The van der Waals surface area contributed by atoms with Crippen LogP contribution in [-0.4, -0.2) is 18.9 Å². The molecule has 0 bridgehead atoms. The van der Waals surface area contributed by atoms with Gasteiger partial charge in [-0.05, 0) is 62.6 Å². The van der Waals surface area contributed by atoms with Crippen LogP contribution < -0.4 is 4.90 Å². The van der Waals surface area contributed by atoms with Gasteiger partial charge < -0.3 is 9.32 Å². The molecule has 1 aromatic carbocycles. The van der Waals surface area contributed by atoms with Crippen molar-refractivity contribution in [2.75, 3.05) is 11.4 Å². The van der Waals surface area contributed by atoms with Gasteiger partial charge in [-0.15, -0.1) is 0 Å². The molecule has 1 unspecified atom stereocenters. The van der Waals surface area contributed by atoms with E-state index in [2.05, 4.69) is 36.1 Å². The van der Waals surface area contributed by atoms with Crippen molar-refractivity contribution in [3.8, 4) is 11.3 Å². The summed E-state index contributed by atoms with van der Waals surface area (Å²) in [6, 6.07) is 12.5. The summed E-state index contributed by atoms with van der Waals surface area (Å²) in [7, 11) is 0. The van der Waals surface area contributed by atoms with Gasteiger partial charge in [-0.1, -0.05) is 0 Å². The van der Waals surface area contributed by atoms with Crippen molar-refractivity contribution < 1.29 is 9.21 Å². The van der Waals surface area contributed by atoms with Crippen molar-refractivity contribution in [2.45, 2.75) is 32.2 Å². The largest absolute Gasteiger partial charge is 0.453 e. The van der Waals surface area contributed by atoms with Gasteiger partial charge in [0.15, 0.2) is 12.0 Å². The van der Waals surface area contributed by atoms with Crippen LogP contribution in [0.2, 0.25) is 0 Å². The maximum absolute atomic E-state index is 10.6. The fourth-order valence-electron chi connectivity index (χ4n) is 2.87. The summed E-state index contributed by atoms with van der Waals surface area (Å²) in [5, 5.41) is 0. The van der Waals surface area contributed by atoms with E-state index in [1.165, 1.54) is 24.9 Å². The number of carbonyl (C=O) groups excluding carboxylic acids is 1. The van der Waals surface area contributed by atoms with Crippen molar-refractivity contribution >= 4 is 12.0 Å². The molecule has 20 heavy (non-hydrogen) atoms. The third-order valence-electron chi connectivity index (χ3n) is 4.03. The first kappa shape index (κ1) is 13.0. The highest BCUT2D eigenvalue weighted by Gasteiger charge is 2.18. The number of hydrogen-bond donors (Lipinski definition) is 0. The molecule has 1 aromatic heterocycles. The predicted molar refractivity (Wildman–Crippen MR) is 80.2 cm³/mol. The molecule has 1 fully saturated rings. The molecule has 0 N–H and O–H groups in total. The Morgan fingerprint density at radius 2 is 1.95 bits per heavy atom. The highest BCUT2D eigenvalue weighted by molar-refractivity contribution is 5.73. The van der Waals surface area contributed by atoms with Gasteiger partial charge >= 0.3 is 0 Å². The van der Waals surface area contributed by atoms with Crippen LogP contribution in [0.15, 0.2) is 40.8 Å². The van der Waals surface area contributed by atoms with Gasteiger partial charge in [0, 0.05) is 23.8 Å². The van der Waals surface area contributed by atoms with Gasteiger partial charge in [0.1, 0.15) is 5.76 Å². The second-order valence-electron chi connectivity index (χ2n) is 5.40.